The van der Waals surface area contributed by atoms with Gasteiger partial charge in [0, 0.05) is 25.2 Å². The van der Waals surface area contributed by atoms with Crippen LogP contribution in [-0.4, -0.2) is 50.3 Å². The molecule has 19 heavy (non-hydrogen) atoms. The molecule has 1 aliphatic heterocycles. The number of tetrazole rings is 1. The molecular weight excluding hydrogens is 240 g/mol. The minimum atomic E-state index is 0.622. The Morgan fingerprint density at radius 3 is 2.84 bits per heavy atom. The monoisotopic (exact) mass is 264 g/mol. The lowest BCUT2D eigenvalue weighted by atomic mass is 10.0. The number of piperazine rings is 1. The molecule has 3 rings (SSSR count). The van der Waals surface area contributed by atoms with Crippen LogP contribution in [-0.2, 0) is 13.6 Å². The average molecular weight is 264 g/mol. The highest BCUT2D eigenvalue weighted by Crippen LogP contribution is 2.36. The second kappa shape index (κ2) is 5.54. The van der Waals surface area contributed by atoms with Gasteiger partial charge in [-0.05, 0) is 30.4 Å². The lowest BCUT2D eigenvalue weighted by Crippen LogP contribution is -2.56. The number of aryl methyl sites for hydroxylation is 1. The van der Waals surface area contributed by atoms with Gasteiger partial charge in [-0.1, -0.05) is 13.3 Å². The van der Waals surface area contributed by atoms with Gasteiger partial charge in [-0.25, -0.2) is 0 Å². The molecule has 0 spiro atoms. The Hall–Kier alpha value is -1.01. The van der Waals surface area contributed by atoms with E-state index in [1.165, 1.54) is 25.7 Å². The molecule has 1 saturated heterocycles. The van der Waals surface area contributed by atoms with Crippen LogP contribution in [0.5, 0.6) is 0 Å². The fraction of sp³-hybridized carbons (Fsp3) is 0.923. The minimum absolute atomic E-state index is 0.622. The first-order valence-electron chi connectivity index (χ1n) is 7.46. The maximum absolute atomic E-state index is 4.32. The summed E-state index contributed by atoms with van der Waals surface area (Å²) in [5.41, 5.74) is 0. The van der Waals surface area contributed by atoms with Crippen molar-refractivity contribution < 1.29 is 0 Å². The zero-order valence-electron chi connectivity index (χ0n) is 11.9. The van der Waals surface area contributed by atoms with Crippen molar-refractivity contribution in [3.05, 3.63) is 5.82 Å². The van der Waals surface area contributed by atoms with Crippen molar-refractivity contribution in [1.82, 2.24) is 30.4 Å². The topological polar surface area (TPSA) is 58.9 Å². The number of hydrogen-bond donors (Lipinski definition) is 1. The first-order valence-corrected chi connectivity index (χ1v) is 7.46. The highest BCUT2D eigenvalue weighted by molar-refractivity contribution is 4.96. The van der Waals surface area contributed by atoms with Gasteiger partial charge in [0.05, 0.1) is 13.6 Å². The smallest absolute Gasteiger partial charge is 0.188 e. The van der Waals surface area contributed by atoms with E-state index in [0.29, 0.717) is 12.1 Å². The highest BCUT2D eigenvalue weighted by atomic mass is 15.6. The van der Waals surface area contributed by atoms with E-state index in [-0.39, 0.29) is 0 Å². The van der Waals surface area contributed by atoms with E-state index in [4.69, 9.17) is 0 Å². The molecule has 106 valence electrons. The Bertz CT molecular complexity index is 413. The maximum atomic E-state index is 4.32. The lowest BCUT2D eigenvalue weighted by molar-refractivity contribution is 0.101. The van der Waals surface area contributed by atoms with Crippen LogP contribution in [0.25, 0.3) is 0 Å². The van der Waals surface area contributed by atoms with E-state index in [9.17, 15) is 0 Å². The Morgan fingerprint density at radius 1 is 1.37 bits per heavy atom. The Labute approximate surface area is 114 Å². The van der Waals surface area contributed by atoms with E-state index in [1.807, 2.05) is 7.05 Å². The number of aromatic nitrogens is 4. The van der Waals surface area contributed by atoms with Gasteiger partial charge in [0.2, 0.25) is 0 Å². The fourth-order valence-electron chi connectivity index (χ4n) is 3.14. The molecule has 2 unspecified atom stereocenters. The van der Waals surface area contributed by atoms with Crippen LogP contribution < -0.4 is 5.32 Å². The normalized spacial score (nSPS) is 28.7. The fourth-order valence-corrected chi connectivity index (χ4v) is 3.14. The summed E-state index contributed by atoms with van der Waals surface area (Å²) in [6.07, 6.45) is 5.26. The van der Waals surface area contributed by atoms with Gasteiger partial charge in [-0.3, -0.25) is 4.90 Å². The average Bonchev–Trinajstić information content (AvgIpc) is 3.14. The van der Waals surface area contributed by atoms with Crippen molar-refractivity contribution in [2.75, 3.05) is 13.1 Å². The first kappa shape index (κ1) is 13.0. The summed E-state index contributed by atoms with van der Waals surface area (Å²) in [5.74, 6) is 1.73. The Balaban J connectivity index is 1.66. The molecule has 6 heteroatoms. The zero-order valence-corrected chi connectivity index (χ0v) is 11.9. The Morgan fingerprint density at radius 2 is 2.21 bits per heavy atom. The van der Waals surface area contributed by atoms with Crippen LogP contribution in [0.3, 0.4) is 0 Å². The second-order valence-corrected chi connectivity index (χ2v) is 5.92. The summed E-state index contributed by atoms with van der Waals surface area (Å²) < 4.78 is 0. The molecule has 6 nitrogen and oxygen atoms in total. The van der Waals surface area contributed by atoms with E-state index in [2.05, 4.69) is 32.6 Å². The molecule has 0 amide bonds. The maximum Gasteiger partial charge on any atom is 0.188 e. The second-order valence-electron chi connectivity index (χ2n) is 5.92. The quantitative estimate of drug-likeness (QED) is 0.842. The lowest BCUT2D eigenvalue weighted by Gasteiger charge is -2.40. The number of rotatable bonds is 5. The van der Waals surface area contributed by atoms with Gasteiger partial charge in [0.15, 0.2) is 5.82 Å². The van der Waals surface area contributed by atoms with Crippen molar-refractivity contribution in [2.24, 2.45) is 13.0 Å². The molecule has 0 bridgehead atoms. The van der Waals surface area contributed by atoms with Gasteiger partial charge in [-0.15, -0.1) is 10.2 Å². The molecule has 1 aromatic rings. The molecular formula is C13H24N6. The van der Waals surface area contributed by atoms with Crippen LogP contribution in [0, 0.1) is 5.92 Å². The van der Waals surface area contributed by atoms with Crippen molar-refractivity contribution >= 4 is 0 Å². The summed E-state index contributed by atoms with van der Waals surface area (Å²) in [6, 6.07) is 1.29. The van der Waals surface area contributed by atoms with Crippen molar-refractivity contribution in [3.63, 3.8) is 0 Å². The Kier molecular flexibility index (Phi) is 3.79. The van der Waals surface area contributed by atoms with E-state index >= 15 is 0 Å². The highest BCUT2D eigenvalue weighted by Gasteiger charge is 2.38. The zero-order chi connectivity index (χ0) is 13.2. The van der Waals surface area contributed by atoms with Gasteiger partial charge in [-0.2, -0.15) is 4.80 Å². The molecule has 2 fully saturated rings. The molecule has 1 N–H and O–H groups in total. The third kappa shape index (κ3) is 3.12. The van der Waals surface area contributed by atoms with Crippen LogP contribution in [0.1, 0.15) is 38.4 Å². The van der Waals surface area contributed by atoms with Crippen LogP contribution in [0.2, 0.25) is 0 Å². The molecule has 2 aliphatic rings. The number of nitrogens with one attached hydrogen (secondary N) is 1. The van der Waals surface area contributed by atoms with Crippen molar-refractivity contribution in [3.8, 4) is 0 Å². The van der Waals surface area contributed by atoms with Gasteiger partial charge in [0.25, 0.3) is 0 Å². The van der Waals surface area contributed by atoms with Gasteiger partial charge < -0.3 is 5.32 Å². The molecule has 1 aliphatic carbocycles. The molecule has 0 radical (unpaired) electrons. The molecule has 0 aromatic carbocycles. The number of hydrogen-bond acceptors (Lipinski definition) is 5. The minimum Gasteiger partial charge on any atom is -0.311 e. The number of nitrogens with zero attached hydrogens (tertiary/aromatic N) is 5. The predicted molar refractivity (Wildman–Crippen MR) is 72.4 cm³/mol. The largest absolute Gasteiger partial charge is 0.311 e. The van der Waals surface area contributed by atoms with Crippen LogP contribution in [0.4, 0.5) is 0 Å². The molecule has 2 atom stereocenters. The molecule has 2 heterocycles. The summed E-state index contributed by atoms with van der Waals surface area (Å²) in [4.78, 5) is 4.12. The standard InChI is InChI=1S/C13H24N6/c1-3-4-11-8-19(9-13-15-17-18(2)16-13)12(7-14-11)10-5-6-10/h10-12,14H,3-9H2,1-2H3. The van der Waals surface area contributed by atoms with E-state index in [1.54, 1.807) is 4.80 Å². The van der Waals surface area contributed by atoms with Crippen LogP contribution in [0.15, 0.2) is 0 Å². The SMILES string of the molecule is CCCC1CN(Cc2nnn(C)n2)C(C2CC2)CN1. The third-order valence-electron chi connectivity index (χ3n) is 4.24. The molecule has 1 aromatic heterocycles. The van der Waals surface area contributed by atoms with Crippen molar-refractivity contribution in [2.45, 2.75) is 51.2 Å². The summed E-state index contributed by atoms with van der Waals surface area (Å²) in [5, 5.41) is 16.1. The van der Waals surface area contributed by atoms with Crippen molar-refractivity contribution in [1.29, 1.82) is 0 Å². The summed E-state index contributed by atoms with van der Waals surface area (Å²) in [6.45, 7) is 5.34. The van der Waals surface area contributed by atoms with E-state index < -0.39 is 0 Å². The van der Waals surface area contributed by atoms with Gasteiger partial charge in [0.1, 0.15) is 0 Å². The summed E-state index contributed by atoms with van der Waals surface area (Å²) in [7, 11) is 1.83. The first-order chi connectivity index (χ1) is 9.26. The third-order valence-corrected chi connectivity index (χ3v) is 4.24. The summed E-state index contributed by atoms with van der Waals surface area (Å²) >= 11 is 0. The molecule has 1 saturated carbocycles. The van der Waals surface area contributed by atoms with Gasteiger partial charge >= 0.3 is 0 Å². The predicted octanol–water partition coefficient (Wildman–Crippen LogP) is 0.563. The van der Waals surface area contributed by atoms with E-state index in [0.717, 1.165) is 31.4 Å². The van der Waals surface area contributed by atoms with Crippen LogP contribution >= 0.6 is 0 Å².